The summed E-state index contributed by atoms with van der Waals surface area (Å²) in [5.74, 6) is 0.0860. The number of ether oxygens (including phenoxy) is 1. The number of anilines is 1. The lowest BCUT2D eigenvalue weighted by atomic mass is 10.1. The molecule has 2 rings (SSSR count). The summed E-state index contributed by atoms with van der Waals surface area (Å²) >= 11 is 17.9. The molecule has 0 fully saturated rings. The number of rotatable bonds is 4. The summed E-state index contributed by atoms with van der Waals surface area (Å²) in [6.07, 6.45) is 0. The number of halogens is 4. The van der Waals surface area contributed by atoms with E-state index < -0.39 is 5.82 Å². The SMILES string of the molecule is COc1ccc(NC(C)c2cc(F)c(Cl)cc2Cl)cc1Cl. The lowest BCUT2D eigenvalue weighted by Crippen LogP contribution is -2.08. The van der Waals surface area contributed by atoms with E-state index in [1.165, 1.54) is 12.1 Å². The second kappa shape index (κ2) is 6.73. The first-order valence-electron chi connectivity index (χ1n) is 6.17. The topological polar surface area (TPSA) is 21.3 Å². The predicted octanol–water partition coefficient (Wildman–Crippen LogP) is 5.97. The zero-order chi connectivity index (χ0) is 15.6. The number of hydrogen-bond acceptors (Lipinski definition) is 2. The van der Waals surface area contributed by atoms with Crippen LogP contribution < -0.4 is 10.1 Å². The quantitative estimate of drug-likeness (QED) is 0.687. The minimum absolute atomic E-state index is 0.00319. The number of hydrogen-bond donors (Lipinski definition) is 1. The molecule has 0 aromatic heterocycles. The molecule has 112 valence electrons. The van der Waals surface area contributed by atoms with Gasteiger partial charge in [0.2, 0.25) is 0 Å². The zero-order valence-corrected chi connectivity index (χ0v) is 13.7. The summed E-state index contributed by atoms with van der Waals surface area (Å²) in [5, 5.41) is 4.10. The van der Waals surface area contributed by atoms with E-state index >= 15 is 0 Å². The molecule has 6 heteroatoms. The molecule has 21 heavy (non-hydrogen) atoms. The standard InChI is InChI=1S/C15H13Cl3FNO/c1-8(10-6-14(19)12(17)7-11(10)16)20-9-3-4-15(21-2)13(18)5-9/h3-8,20H,1-2H3. The van der Waals surface area contributed by atoms with Crippen LogP contribution >= 0.6 is 34.8 Å². The highest BCUT2D eigenvalue weighted by atomic mass is 35.5. The molecule has 2 aromatic carbocycles. The van der Waals surface area contributed by atoms with Gasteiger partial charge in [-0.15, -0.1) is 0 Å². The predicted molar refractivity (Wildman–Crippen MR) is 86.5 cm³/mol. The van der Waals surface area contributed by atoms with E-state index in [1.807, 2.05) is 13.0 Å². The Morgan fingerprint density at radius 1 is 1.05 bits per heavy atom. The zero-order valence-electron chi connectivity index (χ0n) is 11.4. The van der Waals surface area contributed by atoms with Crippen molar-refractivity contribution in [1.29, 1.82) is 0 Å². The largest absolute Gasteiger partial charge is 0.495 e. The van der Waals surface area contributed by atoms with Gasteiger partial charge in [0.25, 0.3) is 0 Å². The highest BCUT2D eigenvalue weighted by molar-refractivity contribution is 6.35. The van der Waals surface area contributed by atoms with Crippen molar-refractivity contribution in [3.63, 3.8) is 0 Å². The van der Waals surface area contributed by atoms with E-state index in [9.17, 15) is 4.39 Å². The van der Waals surface area contributed by atoms with E-state index in [4.69, 9.17) is 39.5 Å². The van der Waals surface area contributed by atoms with E-state index in [-0.39, 0.29) is 11.1 Å². The molecule has 0 aliphatic rings. The van der Waals surface area contributed by atoms with Crippen LogP contribution in [0.3, 0.4) is 0 Å². The third-order valence-corrected chi connectivity index (χ3v) is 3.95. The van der Waals surface area contributed by atoms with Crippen LogP contribution in [0.4, 0.5) is 10.1 Å². The number of benzene rings is 2. The molecule has 0 aliphatic carbocycles. The van der Waals surface area contributed by atoms with Gasteiger partial charge in [0, 0.05) is 10.7 Å². The number of nitrogens with one attached hydrogen (secondary N) is 1. The fourth-order valence-electron chi connectivity index (χ4n) is 1.95. The van der Waals surface area contributed by atoms with Gasteiger partial charge in [0.15, 0.2) is 0 Å². The minimum atomic E-state index is -0.502. The van der Waals surface area contributed by atoms with Gasteiger partial charge in [-0.2, -0.15) is 0 Å². The van der Waals surface area contributed by atoms with Crippen LogP contribution in [-0.2, 0) is 0 Å². The summed E-state index contributed by atoms with van der Waals surface area (Å²) in [4.78, 5) is 0. The van der Waals surface area contributed by atoms with Gasteiger partial charge >= 0.3 is 0 Å². The minimum Gasteiger partial charge on any atom is -0.495 e. The molecular weight excluding hydrogens is 336 g/mol. The van der Waals surface area contributed by atoms with Gasteiger partial charge < -0.3 is 10.1 Å². The fraction of sp³-hybridized carbons (Fsp3) is 0.200. The van der Waals surface area contributed by atoms with E-state index in [1.54, 1.807) is 19.2 Å². The maximum Gasteiger partial charge on any atom is 0.142 e. The molecular formula is C15H13Cl3FNO. The van der Waals surface area contributed by atoms with Crippen LogP contribution in [0.5, 0.6) is 5.75 Å². The molecule has 0 aliphatic heterocycles. The Labute approximate surface area is 137 Å². The lowest BCUT2D eigenvalue weighted by molar-refractivity contribution is 0.415. The van der Waals surface area contributed by atoms with Crippen molar-refractivity contribution >= 4 is 40.5 Å². The summed E-state index contributed by atoms with van der Waals surface area (Å²) in [6.45, 7) is 1.87. The second-order valence-corrected chi connectivity index (χ2v) is 5.72. The van der Waals surface area contributed by atoms with Gasteiger partial charge in [-0.05, 0) is 42.8 Å². The first kappa shape index (κ1) is 16.2. The van der Waals surface area contributed by atoms with Gasteiger partial charge in [-0.3, -0.25) is 0 Å². The molecule has 0 bridgehead atoms. The Kier molecular flexibility index (Phi) is 5.20. The van der Waals surface area contributed by atoms with Gasteiger partial charge in [-0.25, -0.2) is 4.39 Å². The molecule has 1 N–H and O–H groups in total. The van der Waals surface area contributed by atoms with Crippen molar-refractivity contribution in [3.8, 4) is 5.75 Å². The summed E-state index contributed by atoms with van der Waals surface area (Å²) in [7, 11) is 1.55. The third-order valence-electron chi connectivity index (χ3n) is 3.04. The maximum absolute atomic E-state index is 13.6. The lowest BCUT2D eigenvalue weighted by Gasteiger charge is -2.18. The average molecular weight is 349 g/mol. The monoisotopic (exact) mass is 347 g/mol. The highest BCUT2D eigenvalue weighted by Gasteiger charge is 2.14. The van der Waals surface area contributed by atoms with Gasteiger partial charge in [0.1, 0.15) is 11.6 Å². The van der Waals surface area contributed by atoms with Crippen molar-refractivity contribution in [1.82, 2.24) is 0 Å². The Bertz CT molecular complexity index is 664. The Morgan fingerprint density at radius 2 is 1.76 bits per heavy atom. The summed E-state index contributed by atoms with van der Waals surface area (Å²) < 4.78 is 18.7. The van der Waals surface area contributed by atoms with Crippen molar-refractivity contribution in [2.45, 2.75) is 13.0 Å². The molecule has 0 spiro atoms. The summed E-state index contributed by atoms with van der Waals surface area (Å²) in [5.41, 5.74) is 1.39. The molecule has 0 amide bonds. The van der Waals surface area contributed by atoms with Crippen LogP contribution in [-0.4, -0.2) is 7.11 Å². The van der Waals surface area contributed by atoms with Crippen LogP contribution in [0.1, 0.15) is 18.5 Å². The first-order chi connectivity index (χ1) is 9.92. The second-order valence-electron chi connectivity index (χ2n) is 4.50. The smallest absolute Gasteiger partial charge is 0.142 e. The Balaban J connectivity index is 2.23. The van der Waals surface area contributed by atoms with Crippen molar-refractivity contribution < 1.29 is 9.13 Å². The normalized spacial score (nSPS) is 12.1. The van der Waals surface area contributed by atoms with E-state index in [2.05, 4.69) is 5.32 Å². The summed E-state index contributed by atoms with van der Waals surface area (Å²) in [6, 6.07) is 7.81. The van der Waals surface area contributed by atoms with Gasteiger partial charge in [-0.1, -0.05) is 34.8 Å². The molecule has 0 radical (unpaired) electrons. The van der Waals surface area contributed by atoms with E-state index in [0.717, 1.165) is 5.69 Å². The third kappa shape index (κ3) is 3.73. The molecule has 1 atom stereocenters. The molecule has 0 saturated heterocycles. The Morgan fingerprint density at radius 3 is 2.38 bits per heavy atom. The molecule has 1 unspecified atom stereocenters. The fourth-order valence-corrected chi connectivity index (χ4v) is 2.76. The number of methoxy groups -OCH3 is 1. The van der Waals surface area contributed by atoms with Gasteiger partial charge in [0.05, 0.1) is 23.2 Å². The van der Waals surface area contributed by atoms with Crippen LogP contribution in [0.2, 0.25) is 15.1 Å². The van der Waals surface area contributed by atoms with Crippen molar-refractivity contribution in [2.75, 3.05) is 12.4 Å². The molecule has 0 saturated carbocycles. The highest BCUT2D eigenvalue weighted by Crippen LogP contribution is 2.32. The average Bonchev–Trinajstić information content (AvgIpc) is 2.43. The van der Waals surface area contributed by atoms with E-state index in [0.29, 0.717) is 21.4 Å². The molecule has 0 heterocycles. The van der Waals surface area contributed by atoms with Crippen LogP contribution in [0, 0.1) is 5.82 Å². The van der Waals surface area contributed by atoms with Crippen molar-refractivity contribution in [2.24, 2.45) is 0 Å². The maximum atomic E-state index is 13.6. The van der Waals surface area contributed by atoms with Crippen LogP contribution in [0.15, 0.2) is 30.3 Å². The van der Waals surface area contributed by atoms with Crippen molar-refractivity contribution in [3.05, 3.63) is 56.8 Å². The molecule has 2 aromatic rings. The van der Waals surface area contributed by atoms with Crippen LogP contribution in [0.25, 0.3) is 0 Å². The molecule has 2 nitrogen and oxygen atoms in total. The Hall–Kier alpha value is -1.16. The first-order valence-corrected chi connectivity index (χ1v) is 7.30.